The quantitative estimate of drug-likeness (QED) is 0.898. The van der Waals surface area contributed by atoms with Gasteiger partial charge in [-0.25, -0.2) is 13.4 Å². The lowest BCUT2D eigenvalue weighted by Gasteiger charge is -2.13. The Hall–Kier alpha value is -1.73. The third-order valence-corrected chi connectivity index (χ3v) is 6.22. The molecule has 24 heavy (non-hydrogen) atoms. The van der Waals surface area contributed by atoms with Crippen molar-refractivity contribution in [3.63, 3.8) is 0 Å². The van der Waals surface area contributed by atoms with Crippen molar-refractivity contribution in [1.82, 2.24) is 4.98 Å². The molecule has 130 valence electrons. The largest absolute Gasteiger partial charge is 0.321 e. The fraction of sp³-hybridized carbons (Fsp3) is 0.412. The second-order valence-corrected chi connectivity index (χ2v) is 9.90. The summed E-state index contributed by atoms with van der Waals surface area (Å²) in [4.78, 5) is 17.8. The molecule has 7 heteroatoms. The van der Waals surface area contributed by atoms with Crippen LogP contribution < -0.4 is 5.32 Å². The molecule has 0 fully saturated rings. The first-order chi connectivity index (χ1) is 10.9. The molecule has 5 nitrogen and oxygen atoms in total. The number of aryl methyl sites for hydroxylation is 2. The lowest BCUT2D eigenvalue weighted by Crippen LogP contribution is -2.13. The molecule has 0 radical (unpaired) electrons. The van der Waals surface area contributed by atoms with E-state index >= 15 is 0 Å². The number of anilines is 1. The number of rotatable bonds is 3. The van der Waals surface area contributed by atoms with Crippen molar-refractivity contribution in [2.24, 2.45) is 0 Å². The van der Waals surface area contributed by atoms with E-state index in [0.717, 1.165) is 16.8 Å². The molecule has 2 aromatic rings. The van der Waals surface area contributed by atoms with Gasteiger partial charge in [-0.15, -0.1) is 11.3 Å². The Morgan fingerprint density at radius 3 is 2.33 bits per heavy atom. The number of carbonyl (C=O) groups is 1. The van der Waals surface area contributed by atoms with Crippen LogP contribution in [-0.2, 0) is 15.3 Å². The van der Waals surface area contributed by atoms with E-state index in [2.05, 4.69) is 10.3 Å². The predicted molar refractivity (Wildman–Crippen MR) is 97.8 cm³/mol. The van der Waals surface area contributed by atoms with Crippen molar-refractivity contribution in [1.29, 1.82) is 0 Å². The van der Waals surface area contributed by atoms with E-state index in [1.807, 2.05) is 27.7 Å². The number of hydrogen-bond acceptors (Lipinski definition) is 5. The van der Waals surface area contributed by atoms with Crippen LogP contribution in [0.5, 0.6) is 0 Å². The average Bonchev–Trinajstić information content (AvgIpc) is 2.82. The number of hydrogen-bond donors (Lipinski definition) is 1. The molecule has 1 aromatic carbocycles. The molecule has 0 spiro atoms. The van der Waals surface area contributed by atoms with E-state index in [9.17, 15) is 13.2 Å². The van der Waals surface area contributed by atoms with Gasteiger partial charge in [0.05, 0.1) is 15.6 Å². The first-order valence-corrected chi connectivity index (χ1v) is 10.2. The van der Waals surface area contributed by atoms with Crippen LogP contribution in [0.3, 0.4) is 0 Å². The lowest BCUT2D eigenvalue weighted by molar-refractivity contribution is 0.102. The summed E-state index contributed by atoms with van der Waals surface area (Å²) in [5, 5.41) is 3.71. The first kappa shape index (κ1) is 18.6. The van der Waals surface area contributed by atoms with Crippen molar-refractivity contribution in [2.45, 2.75) is 44.9 Å². The molecular weight excluding hydrogens is 344 g/mol. The Labute approximate surface area is 147 Å². The monoisotopic (exact) mass is 366 g/mol. The highest BCUT2D eigenvalue weighted by Gasteiger charge is 2.23. The summed E-state index contributed by atoms with van der Waals surface area (Å²) in [5.41, 5.74) is 1.85. The number of sulfone groups is 1. The molecule has 1 heterocycles. The molecule has 0 aliphatic carbocycles. The standard InChI is InChI=1S/C17H22N2O3S2/c1-10-7-8-12(24(6,21)22)9-13(10)19-15(20)14-11(2)18-16(23-14)17(3,4)5/h7-9H,1-6H3,(H,19,20). The fourth-order valence-electron chi connectivity index (χ4n) is 2.07. The Morgan fingerprint density at radius 1 is 1.21 bits per heavy atom. The number of carbonyl (C=O) groups excluding carboxylic acids is 1. The van der Waals surface area contributed by atoms with E-state index < -0.39 is 9.84 Å². The van der Waals surface area contributed by atoms with Gasteiger partial charge in [0.2, 0.25) is 0 Å². The van der Waals surface area contributed by atoms with Crippen LogP contribution in [-0.4, -0.2) is 25.6 Å². The first-order valence-electron chi connectivity index (χ1n) is 7.49. The fourth-order valence-corrected chi connectivity index (χ4v) is 3.74. The van der Waals surface area contributed by atoms with Gasteiger partial charge in [-0.05, 0) is 31.5 Å². The van der Waals surface area contributed by atoms with E-state index in [1.54, 1.807) is 13.0 Å². The van der Waals surface area contributed by atoms with Gasteiger partial charge < -0.3 is 5.32 Å². The molecule has 0 saturated carbocycles. The van der Waals surface area contributed by atoms with Crippen LogP contribution in [0.1, 0.15) is 46.7 Å². The minimum Gasteiger partial charge on any atom is -0.321 e. The van der Waals surface area contributed by atoms with Crippen molar-refractivity contribution in [2.75, 3.05) is 11.6 Å². The maximum absolute atomic E-state index is 12.6. The molecule has 1 amide bonds. The Balaban J connectivity index is 2.36. The molecule has 0 unspecified atom stereocenters. The number of amides is 1. The molecule has 1 N–H and O–H groups in total. The van der Waals surface area contributed by atoms with Gasteiger partial charge in [-0.1, -0.05) is 26.8 Å². The molecule has 2 rings (SSSR count). The van der Waals surface area contributed by atoms with Crippen LogP contribution in [0.2, 0.25) is 0 Å². The zero-order chi connectivity index (χ0) is 18.3. The van der Waals surface area contributed by atoms with Crippen LogP contribution in [0.15, 0.2) is 23.1 Å². The maximum atomic E-state index is 12.6. The van der Waals surface area contributed by atoms with Crippen molar-refractivity contribution in [3.8, 4) is 0 Å². The summed E-state index contributed by atoms with van der Waals surface area (Å²) in [6.45, 7) is 9.77. The molecule has 0 aliphatic rings. The van der Waals surface area contributed by atoms with Gasteiger partial charge >= 0.3 is 0 Å². The highest BCUT2D eigenvalue weighted by atomic mass is 32.2. The highest BCUT2D eigenvalue weighted by molar-refractivity contribution is 7.90. The van der Waals surface area contributed by atoms with E-state index in [-0.39, 0.29) is 16.2 Å². The van der Waals surface area contributed by atoms with Gasteiger partial charge in [0.25, 0.3) is 5.91 Å². The summed E-state index contributed by atoms with van der Waals surface area (Å²) in [7, 11) is -3.33. The minimum atomic E-state index is -3.33. The zero-order valence-corrected chi connectivity index (χ0v) is 16.4. The van der Waals surface area contributed by atoms with Gasteiger partial charge in [0.1, 0.15) is 4.88 Å². The normalized spacial score (nSPS) is 12.2. The molecule has 0 atom stereocenters. The SMILES string of the molecule is Cc1ccc(S(C)(=O)=O)cc1NC(=O)c1sc(C(C)(C)C)nc1C. The number of thiazole rings is 1. The summed E-state index contributed by atoms with van der Waals surface area (Å²) in [5.74, 6) is -0.269. The van der Waals surface area contributed by atoms with Gasteiger partial charge in [0, 0.05) is 17.4 Å². The topological polar surface area (TPSA) is 76.1 Å². The summed E-state index contributed by atoms with van der Waals surface area (Å²) in [6, 6.07) is 4.71. The van der Waals surface area contributed by atoms with Gasteiger partial charge in [0.15, 0.2) is 9.84 Å². The highest BCUT2D eigenvalue weighted by Crippen LogP contribution is 2.30. The van der Waals surface area contributed by atoms with Gasteiger partial charge in [-0.3, -0.25) is 4.79 Å². The number of nitrogens with zero attached hydrogens (tertiary/aromatic N) is 1. The minimum absolute atomic E-state index is 0.125. The maximum Gasteiger partial charge on any atom is 0.267 e. The summed E-state index contributed by atoms with van der Waals surface area (Å²) >= 11 is 1.37. The second-order valence-electron chi connectivity index (χ2n) is 6.89. The Kier molecular flexibility index (Phi) is 4.88. The zero-order valence-electron chi connectivity index (χ0n) is 14.7. The van der Waals surface area contributed by atoms with Crippen molar-refractivity contribution >= 4 is 32.8 Å². The third kappa shape index (κ3) is 4.02. The summed E-state index contributed by atoms with van der Waals surface area (Å²) in [6.07, 6.45) is 1.15. The van der Waals surface area contributed by atoms with Crippen LogP contribution in [0.4, 0.5) is 5.69 Å². The van der Waals surface area contributed by atoms with E-state index in [4.69, 9.17) is 0 Å². The molecule has 0 saturated heterocycles. The van der Waals surface area contributed by atoms with Crippen LogP contribution in [0, 0.1) is 13.8 Å². The Morgan fingerprint density at radius 2 is 1.83 bits per heavy atom. The van der Waals surface area contributed by atoms with Crippen LogP contribution >= 0.6 is 11.3 Å². The van der Waals surface area contributed by atoms with E-state index in [0.29, 0.717) is 16.3 Å². The third-order valence-electron chi connectivity index (χ3n) is 3.53. The molecule has 1 aromatic heterocycles. The predicted octanol–water partition coefficient (Wildman–Crippen LogP) is 3.71. The smallest absolute Gasteiger partial charge is 0.267 e. The number of nitrogens with one attached hydrogen (secondary N) is 1. The summed E-state index contributed by atoms with van der Waals surface area (Å²) < 4.78 is 23.4. The molecular formula is C17H22N2O3S2. The van der Waals surface area contributed by atoms with Gasteiger partial charge in [-0.2, -0.15) is 0 Å². The van der Waals surface area contributed by atoms with Crippen molar-refractivity contribution in [3.05, 3.63) is 39.3 Å². The van der Waals surface area contributed by atoms with Crippen molar-refractivity contribution < 1.29 is 13.2 Å². The Bertz CT molecular complexity index is 891. The number of aromatic nitrogens is 1. The van der Waals surface area contributed by atoms with E-state index in [1.165, 1.54) is 23.5 Å². The lowest BCUT2D eigenvalue weighted by atomic mass is 9.98. The molecule has 0 bridgehead atoms. The number of benzene rings is 1. The molecule has 0 aliphatic heterocycles. The average molecular weight is 367 g/mol. The second kappa shape index (κ2) is 6.29. The van der Waals surface area contributed by atoms with Crippen LogP contribution in [0.25, 0.3) is 0 Å².